The number of aromatic nitrogens is 1. The van der Waals surface area contributed by atoms with Crippen LogP contribution >= 0.6 is 11.8 Å². The molecule has 0 fully saturated rings. The fourth-order valence-corrected chi connectivity index (χ4v) is 3.20. The molecule has 0 radical (unpaired) electrons. The summed E-state index contributed by atoms with van der Waals surface area (Å²) < 4.78 is 15.2. The van der Waals surface area contributed by atoms with Crippen molar-refractivity contribution in [2.75, 3.05) is 31.9 Å². The van der Waals surface area contributed by atoms with Crippen molar-refractivity contribution in [1.29, 1.82) is 5.26 Å². The Hall–Kier alpha value is -3.45. The lowest BCUT2D eigenvalue weighted by Gasteiger charge is -2.11. The predicted molar refractivity (Wildman–Crippen MR) is 106 cm³/mol. The molecule has 0 aliphatic rings. The number of methoxy groups -OCH3 is 2. The first-order valence-electron chi connectivity index (χ1n) is 8.32. The van der Waals surface area contributed by atoms with Crippen LogP contribution in [0.5, 0.6) is 11.5 Å². The third-order valence-corrected chi connectivity index (χ3v) is 4.66. The molecule has 1 amide bonds. The topological polar surface area (TPSA) is 131 Å². The number of H-pyrrole nitrogens is 1. The number of aryl methyl sites for hydroxylation is 1. The van der Waals surface area contributed by atoms with Crippen molar-refractivity contribution in [1.82, 2.24) is 4.98 Å². The Morgan fingerprint density at radius 1 is 1.21 bits per heavy atom. The van der Waals surface area contributed by atoms with Crippen molar-refractivity contribution in [2.24, 2.45) is 0 Å². The lowest BCUT2D eigenvalue weighted by molar-refractivity contribution is -0.144. The Morgan fingerprint density at radius 3 is 2.59 bits per heavy atom. The Kier molecular flexibility index (Phi) is 7.68. The van der Waals surface area contributed by atoms with Crippen LogP contribution in [0.4, 0.5) is 5.69 Å². The van der Waals surface area contributed by atoms with E-state index in [0.717, 1.165) is 11.8 Å². The molecule has 10 heteroatoms. The van der Waals surface area contributed by atoms with Crippen LogP contribution in [0, 0.1) is 18.3 Å². The number of anilines is 1. The van der Waals surface area contributed by atoms with Gasteiger partial charge < -0.3 is 24.5 Å². The van der Waals surface area contributed by atoms with E-state index in [0.29, 0.717) is 22.7 Å². The van der Waals surface area contributed by atoms with Crippen LogP contribution in [0.3, 0.4) is 0 Å². The number of nitrogens with zero attached hydrogens (tertiary/aromatic N) is 1. The number of carbonyl (C=O) groups is 2. The number of aromatic amines is 1. The molecule has 1 aromatic carbocycles. The number of esters is 1. The van der Waals surface area contributed by atoms with E-state index >= 15 is 0 Å². The Labute approximate surface area is 171 Å². The van der Waals surface area contributed by atoms with Crippen molar-refractivity contribution in [3.8, 4) is 17.6 Å². The minimum absolute atomic E-state index is 0.169. The standard InChI is InChI=1S/C19H19N3O6S/c1-11-6-16(23)22-19(13(11)8-20)29-10-18(25)28-9-17(24)21-12-4-5-14(26-2)15(7-12)27-3/h4-7H,9-10H2,1-3H3,(H,21,24)(H,22,23). The van der Waals surface area contributed by atoms with E-state index in [1.54, 1.807) is 25.1 Å². The van der Waals surface area contributed by atoms with Crippen molar-refractivity contribution in [3.05, 3.63) is 45.7 Å². The highest BCUT2D eigenvalue weighted by molar-refractivity contribution is 7.99. The van der Waals surface area contributed by atoms with Gasteiger partial charge in [-0.15, -0.1) is 0 Å². The lowest BCUT2D eigenvalue weighted by atomic mass is 10.2. The average Bonchev–Trinajstić information content (AvgIpc) is 2.70. The summed E-state index contributed by atoms with van der Waals surface area (Å²) in [5, 5.41) is 12.0. The molecule has 0 atom stereocenters. The van der Waals surface area contributed by atoms with Crippen LogP contribution in [-0.2, 0) is 14.3 Å². The van der Waals surface area contributed by atoms with Crippen LogP contribution in [0.1, 0.15) is 11.1 Å². The third kappa shape index (κ3) is 6.02. The number of ether oxygens (including phenoxy) is 3. The molecule has 2 rings (SSSR count). The minimum atomic E-state index is -0.663. The number of nitriles is 1. The first-order chi connectivity index (χ1) is 13.9. The predicted octanol–water partition coefficient (Wildman–Crippen LogP) is 1.85. The van der Waals surface area contributed by atoms with E-state index in [4.69, 9.17) is 14.2 Å². The Balaban J connectivity index is 1.88. The largest absolute Gasteiger partial charge is 0.493 e. The molecule has 1 heterocycles. The van der Waals surface area contributed by atoms with Gasteiger partial charge in [0.15, 0.2) is 18.1 Å². The highest BCUT2D eigenvalue weighted by Crippen LogP contribution is 2.29. The van der Waals surface area contributed by atoms with Crippen molar-refractivity contribution in [3.63, 3.8) is 0 Å². The van der Waals surface area contributed by atoms with Crippen LogP contribution in [-0.4, -0.2) is 43.4 Å². The van der Waals surface area contributed by atoms with Gasteiger partial charge in [-0.3, -0.25) is 14.4 Å². The summed E-state index contributed by atoms with van der Waals surface area (Å²) in [6, 6.07) is 8.11. The van der Waals surface area contributed by atoms with Gasteiger partial charge in [0.05, 0.1) is 30.6 Å². The maximum absolute atomic E-state index is 12.0. The molecule has 2 N–H and O–H groups in total. The molecule has 0 aliphatic carbocycles. The summed E-state index contributed by atoms with van der Waals surface area (Å²) in [4.78, 5) is 37.9. The highest BCUT2D eigenvalue weighted by Gasteiger charge is 2.13. The van der Waals surface area contributed by atoms with E-state index in [1.807, 2.05) is 6.07 Å². The molecular formula is C19H19N3O6S. The molecule has 0 bridgehead atoms. The van der Waals surface area contributed by atoms with Gasteiger partial charge >= 0.3 is 5.97 Å². The second-order valence-electron chi connectivity index (χ2n) is 5.70. The molecule has 9 nitrogen and oxygen atoms in total. The zero-order chi connectivity index (χ0) is 21.4. The number of hydrogen-bond donors (Lipinski definition) is 2. The smallest absolute Gasteiger partial charge is 0.316 e. The summed E-state index contributed by atoms with van der Waals surface area (Å²) >= 11 is 0.958. The summed E-state index contributed by atoms with van der Waals surface area (Å²) in [5.41, 5.74) is 0.885. The fourth-order valence-electron chi connectivity index (χ4n) is 2.34. The number of nitrogens with one attached hydrogen (secondary N) is 2. The first-order valence-corrected chi connectivity index (χ1v) is 9.30. The zero-order valence-corrected chi connectivity index (χ0v) is 16.8. The molecule has 0 saturated heterocycles. The van der Waals surface area contributed by atoms with E-state index < -0.39 is 18.5 Å². The van der Waals surface area contributed by atoms with Crippen molar-refractivity contribution < 1.29 is 23.8 Å². The highest BCUT2D eigenvalue weighted by atomic mass is 32.2. The van der Waals surface area contributed by atoms with Gasteiger partial charge in [0.2, 0.25) is 5.56 Å². The quantitative estimate of drug-likeness (QED) is 0.491. The number of hydrogen-bond acceptors (Lipinski definition) is 8. The maximum Gasteiger partial charge on any atom is 0.316 e. The number of carbonyl (C=O) groups excluding carboxylic acids is 2. The number of pyridine rings is 1. The van der Waals surface area contributed by atoms with Gasteiger partial charge in [-0.2, -0.15) is 5.26 Å². The van der Waals surface area contributed by atoms with Gasteiger partial charge in [0.1, 0.15) is 6.07 Å². The maximum atomic E-state index is 12.0. The number of thioether (sulfide) groups is 1. The van der Waals surface area contributed by atoms with Crippen molar-refractivity contribution in [2.45, 2.75) is 11.9 Å². The molecular weight excluding hydrogens is 398 g/mol. The molecule has 0 aliphatic heterocycles. The number of rotatable bonds is 8. The summed E-state index contributed by atoms with van der Waals surface area (Å²) in [7, 11) is 2.97. The summed E-state index contributed by atoms with van der Waals surface area (Å²) in [5.74, 6) is -0.405. The average molecular weight is 417 g/mol. The van der Waals surface area contributed by atoms with Gasteiger partial charge in [-0.25, -0.2) is 0 Å². The van der Waals surface area contributed by atoms with Crippen molar-refractivity contribution >= 4 is 29.3 Å². The van der Waals surface area contributed by atoms with Crippen LogP contribution in [0.15, 0.2) is 34.1 Å². The van der Waals surface area contributed by atoms with Crippen LogP contribution in [0.2, 0.25) is 0 Å². The lowest BCUT2D eigenvalue weighted by Crippen LogP contribution is -2.21. The van der Waals surface area contributed by atoms with E-state index in [-0.39, 0.29) is 21.9 Å². The van der Waals surface area contributed by atoms with Gasteiger partial charge in [0.25, 0.3) is 5.91 Å². The van der Waals surface area contributed by atoms with Gasteiger partial charge in [0, 0.05) is 17.8 Å². The number of benzene rings is 1. The zero-order valence-electron chi connectivity index (χ0n) is 16.0. The second kappa shape index (κ2) is 10.2. The van der Waals surface area contributed by atoms with Gasteiger partial charge in [-0.05, 0) is 24.6 Å². The summed E-state index contributed by atoms with van der Waals surface area (Å²) in [6.45, 7) is 1.15. The van der Waals surface area contributed by atoms with Crippen LogP contribution in [0.25, 0.3) is 0 Å². The van der Waals surface area contributed by atoms with E-state index in [1.165, 1.54) is 20.3 Å². The van der Waals surface area contributed by atoms with Gasteiger partial charge in [-0.1, -0.05) is 11.8 Å². The normalized spacial score (nSPS) is 10.0. The molecule has 0 unspecified atom stereocenters. The van der Waals surface area contributed by atoms with E-state index in [2.05, 4.69) is 10.3 Å². The van der Waals surface area contributed by atoms with E-state index in [9.17, 15) is 19.6 Å². The third-order valence-electron chi connectivity index (χ3n) is 3.68. The monoisotopic (exact) mass is 417 g/mol. The molecule has 2 aromatic rings. The summed E-state index contributed by atoms with van der Waals surface area (Å²) in [6.07, 6.45) is 0. The van der Waals surface area contributed by atoms with Crippen LogP contribution < -0.4 is 20.3 Å². The molecule has 0 spiro atoms. The fraction of sp³-hybridized carbons (Fsp3) is 0.263. The number of amides is 1. The Morgan fingerprint density at radius 2 is 1.93 bits per heavy atom. The molecule has 152 valence electrons. The minimum Gasteiger partial charge on any atom is -0.493 e. The Bertz CT molecular complexity index is 1010. The molecule has 0 saturated carbocycles. The first kappa shape index (κ1) is 21.8. The SMILES string of the molecule is COc1ccc(NC(=O)COC(=O)CSc2[nH]c(=O)cc(C)c2C#N)cc1OC. The second-order valence-corrected chi connectivity index (χ2v) is 6.69. The molecule has 29 heavy (non-hydrogen) atoms. The molecule has 1 aromatic heterocycles.